The van der Waals surface area contributed by atoms with Crippen LogP contribution in [0.2, 0.25) is 10.0 Å². The van der Waals surface area contributed by atoms with Crippen molar-refractivity contribution in [3.05, 3.63) is 68.7 Å². The first kappa shape index (κ1) is 30.0. The van der Waals surface area contributed by atoms with Crippen LogP contribution in [0.3, 0.4) is 0 Å². The SMILES string of the molecule is Cc1cccc(CCCCCN2CCC(C#N)(c3cc(Cl)ccc3Cl)CC2)c1CN(C=O)C1CCC(=O)NC1=O. The van der Waals surface area contributed by atoms with Gasteiger partial charge in [-0.3, -0.25) is 19.7 Å². The average Bonchev–Trinajstić information content (AvgIpc) is 2.95. The summed E-state index contributed by atoms with van der Waals surface area (Å²) in [5.74, 6) is -0.693. The van der Waals surface area contributed by atoms with Gasteiger partial charge in [0.05, 0.1) is 11.5 Å². The van der Waals surface area contributed by atoms with E-state index in [9.17, 15) is 19.6 Å². The molecule has 0 radical (unpaired) electrons. The zero-order chi connectivity index (χ0) is 28.7. The Bertz CT molecular complexity index is 1280. The number of imide groups is 1. The number of likely N-dealkylation sites (tertiary alicyclic amines) is 1. The van der Waals surface area contributed by atoms with E-state index in [-0.39, 0.29) is 12.3 Å². The maximum atomic E-state index is 12.3. The fourth-order valence-corrected chi connectivity index (χ4v) is 6.39. The number of carbonyl (C=O) groups excluding carboxylic acids is 3. The van der Waals surface area contributed by atoms with Gasteiger partial charge in [0.25, 0.3) is 0 Å². The molecule has 212 valence electrons. The Hall–Kier alpha value is -2.92. The van der Waals surface area contributed by atoms with E-state index in [1.807, 2.05) is 25.1 Å². The third-order valence-electron chi connectivity index (χ3n) is 8.38. The standard InChI is InChI=1S/C31H36Cl2N4O3/c1-22-6-5-8-23(25(22)19-37(21-38)28-11-12-29(39)35-30(28)40)7-3-2-4-15-36-16-13-31(20-34,14-17-36)26-18-24(32)9-10-27(26)33/h5-6,8-10,18,21,28H,2-4,7,11-17,19H2,1H3,(H,35,39,40). The lowest BCUT2D eigenvalue weighted by molar-refractivity contribution is -0.141. The van der Waals surface area contributed by atoms with Gasteiger partial charge in [0.15, 0.2) is 0 Å². The quantitative estimate of drug-likeness (QED) is 0.219. The summed E-state index contributed by atoms with van der Waals surface area (Å²) in [6, 6.07) is 13.4. The number of amides is 3. The second-order valence-corrected chi connectivity index (χ2v) is 11.8. The van der Waals surface area contributed by atoms with E-state index in [4.69, 9.17) is 23.2 Å². The fraction of sp³-hybridized carbons (Fsp3) is 0.484. The van der Waals surface area contributed by atoms with Crippen LogP contribution < -0.4 is 5.32 Å². The van der Waals surface area contributed by atoms with Crippen molar-refractivity contribution in [3.63, 3.8) is 0 Å². The number of benzene rings is 2. The highest BCUT2D eigenvalue weighted by Crippen LogP contribution is 2.40. The van der Waals surface area contributed by atoms with Crippen LogP contribution in [-0.4, -0.2) is 53.7 Å². The number of aryl methyl sites for hydroxylation is 2. The van der Waals surface area contributed by atoms with Crippen molar-refractivity contribution in [2.24, 2.45) is 0 Å². The zero-order valence-electron chi connectivity index (χ0n) is 22.9. The molecule has 0 aromatic heterocycles. The molecule has 3 amide bonds. The third-order valence-corrected chi connectivity index (χ3v) is 8.95. The van der Waals surface area contributed by atoms with Crippen molar-refractivity contribution in [2.45, 2.75) is 76.3 Å². The van der Waals surface area contributed by atoms with Crippen molar-refractivity contribution in [1.29, 1.82) is 5.26 Å². The lowest BCUT2D eigenvalue weighted by atomic mass is 9.74. The Kier molecular flexibility index (Phi) is 10.2. The maximum absolute atomic E-state index is 12.3. The molecule has 2 aromatic rings. The van der Waals surface area contributed by atoms with E-state index >= 15 is 0 Å². The second kappa shape index (κ2) is 13.6. The molecule has 2 aromatic carbocycles. The number of nitriles is 1. The van der Waals surface area contributed by atoms with Gasteiger partial charge < -0.3 is 9.80 Å². The van der Waals surface area contributed by atoms with Crippen LogP contribution in [-0.2, 0) is 32.8 Å². The van der Waals surface area contributed by atoms with Gasteiger partial charge in [0.1, 0.15) is 6.04 Å². The highest BCUT2D eigenvalue weighted by molar-refractivity contribution is 6.33. The molecule has 2 aliphatic rings. The van der Waals surface area contributed by atoms with Crippen LogP contribution in [0.1, 0.15) is 67.2 Å². The Labute approximate surface area is 246 Å². The van der Waals surface area contributed by atoms with Crippen LogP contribution in [0.4, 0.5) is 0 Å². The highest BCUT2D eigenvalue weighted by Gasteiger charge is 2.38. The molecule has 1 unspecified atom stereocenters. The van der Waals surface area contributed by atoms with Gasteiger partial charge in [0.2, 0.25) is 18.2 Å². The summed E-state index contributed by atoms with van der Waals surface area (Å²) in [5, 5.41) is 13.6. The van der Waals surface area contributed by atoms with Gasteiger partial charge in [-0.1, -0.05) is 47.8 Å². The molecular weight excluding hydrogens is 547 g/mol. The zero-order valence-corrected chi connectivity index (χ0v) is 24.4. The number of hydrogen-bond donors (Lipinski definition) is 1. The molecule has 9 heteroatoms. The predicted molar refractivity (Wildman–Crippen MR) is 156 cm³/mol. The first-order valence-electron chi connectivity index (χ1n) is 14.0. The van der Waals surface area contributed by atoms with E-state index in [0.29, 0.717) is 23.0 Å². The number of rotatable bonds is 11. The van der Waals surface area contributed by atoms with Crippen LogP contribution in [0, 0.1) is 18.3 Å². The van der Waals surface area contributed by atoms with Gasteiger partial charge in [-0.25, -0.2) is 0 Å². The van der Waals surface area contributed by atoms with Crippen LogP contribution in [0.15, 0.2) is 36.4 Å². The van der Waals surface area contributed by atoms with Crippen LogP contribution in [0.5, 0.6) is 0 Å². The predicted octanol–water partition coefficient (Wildman–Crippen LogP) is 5.34. The number of halogens is 2. The Morgan fingerprint density at radius 2 is 1.93 bits per heavy atom. The van der Waals surface area contributed by atoms with E-state index in [1.54, 1.807) is 12.1 Å². The molecule has 2 fully saturated rings. The first-order valence-corrected chi connectivity index (χ1v) is 14.7. The Balaban J connectivity index is 1.27. The number of hydrogen-bond acceptors (Lipinski definition) is 5. The Morgan fingerprint density at radius 1 is 1.15 bits per heavy atom. The van der Waals surface area contributed by atoms with Crippen molar-refractivity contribution in [2.75, 3.05) is 19.6 Å². The Morgan fingerprint density at radius 3 is 2.62 bits per heavy atom. The third kappa shape index (κ3) is 7.04. The molecule has 7 nitrogen and oxygen atoms in total. The molecule has 1 N–H and O–H groups in total. The monoisotopic (exact) mass is 582 g/mol. The van der Waals surface area contributed by atoms with Gasteiger partial charge in [-0.15, -0.1) is 0 Å². The van der Waals surface area contributed by atoms with E-state index in [1.165, 1.54) is 10.5 Å². The lowest BCUT2D eigenvalue weighted by Gasteiger charge is -2.38. The molecular formula is C31H36Cl2N4O3. The molecule has 2 aliphatic heterocycles. The molecule has 4 rings (SSSR count). The fourth-order valence-electron chi connectivity index (χ4n) is 5.92. The summed E-state index contributed by atoms with van der Waals surface area (Å²) in [6.45, 7) is 5.06. The van der Waals surface area contributed by atoms with Crippen molar-refractivity contribution >= 4 is 41.4 Å². The van der Waals surface area contributed by atoms with Gasteiger partial charge >= 0.3 is 0 Å². The molecule has 2 heterocycles. The van der Waals surface area contributed by atoms with Crippen molar-refractivity contribution in [1.82, 2.24) is 15.1 Å². The van der Waals surface area contributed by atoms with Gasteiger partial charge in [-0.2, -0.15) is 5.26 Å². The first-order chi connectivity index (χ1) is 19.3. The molecule has 0 saturated carbocycles. The minimum atomic E-state index is -0.623. The molecule has 0 bridgehead atoms. The summed E-state index contributed by atoms with van der Waals surface area (Å²) in [4.78, 5) is 39.7. The highest BCUT2D eigenvalue weighted by atomic mass is 35.5. The maximum Gasteiger partial charge on any atom is 0.249 e. The van der Waals surface area contributed by atoms with Crippen LogP contribution >= 0.6 is 23.2 Å². The summed E-state index contributed by atoms with van der Waals surface area (Å²) in [5.41, 5.74) is 3.59. The smallest absolute Gasteiger partial charge is 0.249 e. The summed E-state index contributed by atoms with van der Waals surface area (Å²) >= 11 is 12.6. The molecule has 0 aliphatic carbocycles. The topological polar surface area (TPSA) is 93.5 Å². The summed E-state index contributed by atoms with van der Waals surface area (Å²) < 4.78 is 0. The minimum Gasteiger partial charge on any atom is -0.329 e. The normalized spacial score (nSPS) is 19.1. The van der Waals surface area contributed by atoms with E-state index < -0.39 is 17.4 Å². The number of unbranched alkanes of at least 4 members (excludes halogenated alkanes) is 2. The molecule has 1 atom stereocenters. The molecule has 0 spiro atoms. The van der Waals surface area contributed by atoms with E-state index in [0.717, 1.165) is 81.3 Å². The molecule has 2 saturated heterocycles. The largest absolute Gasteiger partial charge is 0.329 e. The summed E-state index contributed by atoms with van der Waals surface area (Å²) in [7, 11) is 0. The average molecular weight is 584 g/mol. The number of piperidine rings is 2. The summed E-state index contributed by atoms with van der Waals surface area (Å²) in [6.07, 6.45) is 6.82. The van der Waals surface area contributed by atoms with E-state index in [2.05, 4.69) is 22.4 Å². The minimum absolute atomic E-state index is 0.240. The number of nitrogens with one attached hydrogen (secondary N) is 1. The second-order valence-electron chi connectivity index (χ2n) is 10.9. The van der Waals surface area contributed by atoms with Crippen molar-refractivity contribution in [3.8, 4) is 6.07 Å². The van der Waals surface area contributed by atoms with Crippen molar-refractivity contribution < 1.29 is 14.4 Å². The molecule has 40 heavy (non-hydrogen) atoms. The van der Waals surface area contributed by atoms with Gasteiger partial charge in [0, 0.05) is 23.0 Å². The van der Waals surface area contributed by atoms with Gasteiger partial charge in [-0.05, 0) is 106 Å². The van der Waals surface area contributed by atoms with Crippen LogP contribution in [0.25, 0.3) is 0 Å². The number of carbonyl (C=O) groups is 3. The lowest BCUT2D eigenvalue weighted by Crippen LogP contribution is -2.51. The number of nitrogens with zero attached hydrogens (tertiary/aromatic N) is 3.